The molecule has 16 heteroatoms. The van der Waals surface area contributed by atoms with Crippen LogP contribution in [0.15, 0.2) is 47.4 Å². The normalized spacial score (nSPS) is 20.5. The second-order valence-electron chi connectivity index (χ2n) is 14.8. The van der Waals surface area contributed by atoms with Crippen LogP contribution in [0.2, 0.25) is 0 Å². The van der Waals surface area contributed by atoms with E-state index in [0.29, 0.717) is 62.8 Å². The Morgan fingerprint density at radius 3 is 2.53 bits per heavy atom. The molecule has 2 aromatic carbocycles. The van der Waals surface area contributed by atoms with E-state index in [1.165, 1.54) is 23.2 Å². The Morgan fingerprint density at radius 1 is 1.04 bits per heavy atom. The molecule has 2 aromatic rings. The fourth-order valence-corrected chi connectivity index (χ4v) is 7.54. The van der Waals surface area contributed by atoms with Gasteiger partial charge >= 0.3 is 12.2 Å². The van der Waals surface area contributed by atoms with Gasteiger partial charge in [0.15, 0.2) is 27.6 Å². The number of sulfone groups is 1. The van der Waals surface area contributed by atoms with E-state index >= 15 is 0 Å². The Bertz CT molecular complexity index is 1630. The first-order valence-corrected chi connectivity index (χ1v) is 19.8. The minimum absolute atomic E-state index is 0.0148. The fourth-order valence-electron chi connectivity index (χ4n) is 6.12. The van der Waals surface area contributed by atoms with Crippen molar-refractivity contribution in [2.45, 2.75) is 95.3 Å². The first kappa shape index (κ1) is 40.4. The van der Waals surface area contributed by atoms with E-state index in [4.69, 9.17) is 33.2 Å². The molecule has 3 heterocycles. The largest absolute Gasteiger partial charge is 0.494 e. The van der Waals surface area contributed by atoms with Crippen molar-refractivity contribution in [1.82, 2.24) is 15.8 Å². The van der Waals surface area contributed by atoms with Crippen molar-refractivity contribution in [2.24, 2.45) is 11.8 Å². The van der Waals surface area contributed by atoms with Crippen LogP contribution in [-0.4, -0.2) is 106 Å². The highest BCUT2D eigenvalue weighted by Gasteiger charge is 2.45. The van der Waals surface area contributed by atoms with Crippen LogP contribution in [-0.2, 0) is 35.2 Å². The molecule has 3 N–H and O–H groups in total. The summed E-state index contributed by atoms with van der Waals surface area (Å²) in [5.74, 6) is 0.651. The molecule has 0 saturated carbocycles. The molecule has 0 unspecified atom stereocenters. The highest BCUT2D eigenvalue weighted by atomic mass is 32.2. The lowest BCUT2D eigenvalue weighted by Gasteiger charge is -2.36. The van der Waals surface area contributed by atoms with Crippen molar-refractivity contribution in [3.8, 4) is 17.2 Å². The maximum atomic E-state index is 13.9. The van der Waals surface area contributed by atoms with Crippen molar-refractivity contribution in [3.05, 3.63) is 48.0 Å². The van der Waals surface area contributed by atoms with Crippen LogP contribution in [0.4, 0.5) is 9.59 Å². The van der Waals surface area contributed by atoms with Crippen molar-refractivity contribution < 1.29 is 56.3 Å². The van der Waals surface area contributed by atoms with Gasteiger partial charge in [-0.2, -0.15) is 0 Å². The second kappa shape index (κ2) is 18.0. The molecule has 3 aliphatic heterocycles. The first-order chi connectivity index (χ1) is 25.2. The van der Waals surface area contributed by atoms with Crippen LogP contribution < -0.4 is 25.0 Å². The summed E-state index contributed by atoms with van der Waals surface area (Å²) in [4.78, 5) is 25.7. The van der Waals surface area contributed by atoms with Crippen molar-refractivity contribution in [2.75, 3.05) is 45.5 Å². The van der Waals surface area contributed by atoms with Gasteiger partial charge in [0.25, 0.3) is 0 Å². The third kappa shape index (κ3) is 11.6. The Balaban J connectivity index is 1.28. The van der Waals surface area contributed by atoms with E-state index < -0.39 is 57.9 Å². The number of carbonyl (C=O) groups is 2. The van der Waals surface area contributed by atoms with Crippen molar-refractivity contribution in [1.29, 1.82) is 0 Å². The molecule has 294 valence electrons. The zero-order valence-electron chi connectivity index (χ0n) is 31.1. The molecule has 0 radical (unpaired) electrons. The lowest BCUT2D eigenvalue weighted by molar-refractivity contribution is -0.0908. The zero-order valence-corrected chi connectivity index (χ0v) is 31.9. The summed E-state index contributed by atoms with van der Waals surface area (Å²) in [6, 6.07) is 10.4. The number of hydrogen-bond acceptors (Lipinski definition) is 13. The Labute approximate surface area is 311 Å². The summed E-state index contributed by atoms with van der Waals surface area (Å²) in [6.07, 6.45) is -1.58. The number of hydrazine groups is 1. The number of hydrogen-bond donors (Lipinski definition) is 3. The number of carbonyl (C=O) groups excluding carboxylic acids is 2. The second-order valence-corrected chi connectivity index (χ2v) is 16.9. The fraction of sp³-hybridized carbons (Fsp3) is 0.622. The third-order valence-corrected chi connectivity index (χ3v) is 10.6. The number of nitrogens with zero attached hydrogens (tertiary/aromatic N) is 1. The van der Waals surface area contributed by atoms with Gasteiger partial charge in [0.1, 0.15) is 17.5 Å². The third-order valence-electron chi connectivity index (χ3n) is 8.85. The number of unbranched alkanes of at least 4 members (excludes halogenated alkanes) is 1. The molecule has 0 aliphatic carbocycles. The van der Waals surface area contributed by atoms with Crippen molar-refractivity contribution >= 4 is 22.0 Å². The van der Waals surface area contributed by atoms with Crippen LogP contribution >= 0.6 is 0 Å². The van der Waals surface area contributed by atoms with Gasteiger partial charge in [0.05, 0.1) is 48.5 Å². The van der Waals surface area contributed by atoms with Gasteiger partial charge in [-0.25, -0.2) is 28.4 Å². The number of nitrogens with one attached hydrogen (secondary N) is 2. The Morgan fingerprint density at radius 2 is 1.79 bits per heavy atom. The van der Waals surface area contributed by atoms with Gasteiger partial charge in [-0.05, 0) is 82.2 Å². The molecule has 15 nitrogen and oxygen atoms in total. The van der Waals surface area contributed by atoms with Crippen LogP contribution in [0.1, 0.15) is 59.4 Å². The lowest BCUT2D eigenvalue weighted by Crippen LogP contribution is -2.58. The van der Waals surface area contributed by atoms with E-state index in [1.807, 2.05) is 46.8 Å². The first-order valence-electron chi connectivity index (χ1n) is 18.1. The summed E-state index contributed by atoms with van der Waals surface area (Å²) in [5.41, 5.74) is 3.29. The topological polar surface area (TPSA) is 180 Å². The molecule has 0 bridgehead atoms. The zero-order chi connectivity index (χ0) is 38.2. The molecule has 53 heavy (non-hydrogen) atoms. The summed E-state index contributed by atoms with van der Waals surface area (Å²) in [6.45, 7) is 11.2. The lowest BCUT2D eigenvalue weighted by atomic mass is 10.0. The van der Waals surface area contributed by atoms with Gasteiger partial charge in [-0.15, -0.1) is 0 Å². The molecule has 0 aromatic heterocycles. The van der Waals surface area contributed by atoms with E-state index in [9.17, 15) is 23.1 Å². The molecule has 5 rings (SSSR count). The molecule has 0 spiro atoms. The standard InChI is InChI=1S/C37H53N3O12S/c1-24(2)20-39-40(36(43)51-33-21-48-34-28(33)14-17-47-34)29(30(41)22-53(44,45)27-12-13-31-32(19-27)50-23-49-31)18-25-8-10-26(11-9-25)46-16-7-6-15-38-35(42)52-37(3,4)5/h8-13,19,24,28-30,33-34,39,41H,6-7,14-18,20-23H2,1-5H3,(H,38,42)/t28-,29-,30-,33-,34+/m0/s1. The maximum absolute atomic E-state index is 13.9. The number of alkyl carbamates (subject to hydrolysis) is 1. The summed E-state index contributed by atoms with van der Waals surface area (Å²) in [5, 5.41) is 15.7. The number of rotatable bonds is 17. The number of fused-ring (bicyclic) bond motifs is 2. The molecule has 2 fully saturated rings. The molecule has 2 amide bonds. The van der Waals surface area contributed by atoms with Gasteiger partial charge in [-0.3, -0.25) is 0 Å². The average Bonchev–Trinajstić information content (AvgIpc) is 3.84. The van der Waals surface area contributed by atoms with E-state index in [2.05, 4.69) is 10.7 Å². The van der Waals surface area contributed by atoms with Crippen LogP contribution in [0.5, 0.6) is 17.2 Å². The number of benzene rings is 2. The minimum atomic E-state index is -4.06. The Kier molecular flexibility index (Phi) is 13.7. The predicted octanol–water partition coefficient (Wildman–Crippen LogP) is 4.21. The van der Waals surface area contributed by atoms with Gasteiger partial charge < -0.3 is 43.6 Å². The summed E-state index contributed by atoms with van der Waals surface area (Å²) < 4.78 is 66.4. The van der Waals surface area contributed by atoms with Crippen LogP contribution in [0.25, 0.3) is 0 Å². The average molecular weight is 764 g/mol. The highest BCUT2D eigenvalue weighted by molar-refractivity contribution is 7.91. The molecule has 2 saturated heterocycles. The number of aliphatic hydroxyl groups is 1. The quantitative estimate of drug-likeness (QED) is 0.154. The summed E-state index contributed by atoms with van der Waals surface area (Å²) in [7, 11) is -4.06. The van der Waals surface area contributed by atoms with E-state index in [-0.39, 0.29) is 36.6 Å². The maximum Gasteiger partial charge on any atom is 0.424 e. The highest BCUT2D eigenvalue weighted by Crippen LogP contribution is 2.35. The smallest absolute Gasteiger partial charge is 0.424 e. The molecule has 3 aliphatic rings. The number of aliphatic hydroxyl groups excluding tert-OH is 1. The Hall–Kier alpha value is -3.83. The predicted molar refractivity (Wildman–Crippen MR) is 192 cm³/mol. The molecule has 5 atom stereocenters. The SMILES string of the molecule is CC(C)CNN(C(=O)O[C@H]1CO[C@H]2OCC[C@H]21)[C@@H](Cc1ccc(OCCCCNC(=O)OC(C)(C)C)cc1)[C@@H](O)CS(=O)(=O)c1ccc2c(c1)OCO2. The van der Waals surface area contributed by atoms with Gasteiger partial charge in [0, 0.05) is 19.2 Å². The number of amides is 2. The molecular formula is C37H53N3O12S. The molecular weight excluding hydrogens is 710 g/mol. The van der Waals surface area contributed by atoms with Gasteiger partial charge in [-0.1, -0.05) is 26.0 Å². The monoisotopic (exact) mass is 763 g/mol. The van der Waals surface area contributed by atoms with Crippen LogP contribution in [0.3, 0.4) is 0 Å². The van der Waals surface area contributed by atoms with Crippen molar-refractivity contribution in [3.63, 3.8) is 0 Å². The number of ether oxygens (including phenoxy) is 7. The minimum Gasteiger partial charge on any atom is -0.494 e. The van der Waals surface area contributed by atoms with Crippen LogP contribution in [0, 0.1) is 11.8 Å². The van der Waals surface area contributed by atoms with E-state index in [0.717, 1.165) is 5.56 Å². The van der Waals surface area contributed by atoms with E-state index in [1.54, 1.807) is 12.1 Å². The summed E-state index contributed by atoms with van der Waals surface area (Å²) >= 11 is 0. The van der Waals surface area contributed by atoms with Gasteiger partial charge in [0.2, 0.25) is 6.79 Å².